The highest BCUT2D eigenvalue weighted by molar-refractivity contribution is 6.07. The van der Waals surface area contributed by atoms with E-state index >= 15 is 0 Å². The third-order valence-electron chi connectivity index (χ3n) is 4.49. The number of rotatable bonds is 6. The topological polar surface area (TPSA) is 57.0 Å². The van der Waals surface area contributed by atoms with E-state index in [4.69, 9.17) is 9.84 Å². The maximum absolute atomic E-state index is 12.6. The molecule has 5 nitrogen and oxygen atoms in total. The fourth-order valence-corrected chi connectivity index (χ4v) is 2.99. The van der Waals surface area contributed by atoms with E-state index in [1.54, 1.807) is 49.9 Å². The monoisotopic (exact) mass is 381 g/mol. The van der Waals surface area contributed by atoms with Gasteiger partial charge in [-0.3, -0.25) is 9.78 Å². The van der Waals surface area contributed by atoms with Gasteiger partial charge >= 0.3 is 0 Å². The van der Waals surface area contributed by atoms with E-state index < -0.39 is 0 Å². The summed E-state index contributed by atoms with van der Waals surface area (Å²) >= 11 is 0. The molecule has 0 radical (unpaired) electrons. The van der Waals surface area contributed by atoms with E-state index in [1.165, 1.54) is 0 Å². The lowest BCUT2D eigenvalue weighted by molar-refractivity contribution is 0.104. The van der Waals surface area contributed by atoms with Gasteiger partial charge in [-0.15, -0.1) is 0 Å². The van der Waals surface area contributed by atoms with Crippen molar-refractivity contribution >= 4 is 11.9 Å². The molecule has 0 fully saturated rings. The average Bonchev–Trinajstić information content (AvgIpc) is 3.23. The minimum absolute atomic E-state index is 0.1000. The van der Waals surface area contributed by atoms with Crippen molar-refractivity contribution in [3.63, 3.8) is 0 Å². The summed E-state index contributed by atoms with van der Waals surface area (Å²) in [4.78, 5) is 16.7. The first kappa shape index (κ1) is 18.4. The minimum Gasteiger partial charge on any atom is -0.497 e. The maximum Gasteiger partial charge on any atom is 0.185 e. The van der Waals surface area contributed by atoms with Crippen molar-refractivity contribution in [1.82, 2.24) is 14.8 Å². The van der Waals surface area contributed by atoms with E-state index in [-0.39, 0.29) is 5.78 Å². The van der Waals surface area contributed by atoms with Crippen LogP contribution >= 0.6 is 0 Å². The predicted octanol–water partition coefficient (Wildman–Crippen LogP) is 4.84. The number of allylic oxidation sites excluding steroid dienone is 1. The van der Waals surface area contributed by atoms with E-state index in [0.717, 1.165) is 22.5 Å². The Kier molecular flexibility index (Phi) is 5.29. The smallest absolute Gasteiger partial charge is 0.185 e. The largest absolute Gasteiger partial charge is 0.497 e. The van der Waals surface area contributed by atoms with Crippen LogP contribution in [0.4, 0.5) is 0 Å². The third-order valence-corrected chi connectivity index (χ3v) is 4.49. The second-order valence-electron chi connectivity index (χ2n) is 6.38. The van der Waals surface area contributed by atoms with E-state index in [2.05, 4.69) is 4.98 Å². The molecular weight excluding hydrogens is 362 g/mol. The molecule has 0 N–H and O–H groups in total. The molecule has 29 heavy (non-hydrogen) atoms. The van der Waals surface area contributed by atoms with Gasteiger partial charge in [-0.25, -0.2) is 4.68 Å². The molecule has 4 rings (SSSR count). The highest BCUT2D eigenvalue weighted by Crippen LogP contribution is 2.24. The number of hydrogen-bond acceptors (Lipinski definition) is 4. The van der Waals surface area contributed by atoms with Crippen LogP contribution in [0, 0.1) is 0 Å². The van der Waals surface area contributed by atoms with Crippen LogP contribution in [0.1, 0.15) is 15.9 Å². The summed E-state index contributed by atoms with van der Waals surface area (Å²) in [5.74, 6) is 0.552. The number of hydrogen-bond donors (Lipinski definition) is 0. The molecule has 0 aliphatic rings. The summed E-state index contributed by atoms with van der Waals surface area (Å²) in [6.45, 7) is 0. The predicted molar refractivity (Wildman–Crippen MR) is 113 cm³/mol. The second kappa shape index (κ2) is 8.35. The Labute approximate surface area is 168 Å². The second-order valence-corrected chi connectivity index (χ2v) is 6.38. The number of methoxy groups -OCH3 is 1. The van der Waals surface area contributed by atoms with Gasteiger partial charge in [-0.2, -0.15) is 5.10 Å². The van der Waals surface area contributed by atoms with Crippen LogP contribution in [0.5, 0.6) is 5.75 Å². The van der Waals surface area contributed by atoms with Crippen LogP contribution in [0.3, 0.4) is 0 Å². The van der Waals surface area contributed by atoms with E-state index in [0.29, 0.717) is 11.3 Å². The maximum atomic E-state index is 12.6. The van der Waals surface area contributed by atoms with Crippen molar-refractivity contribution in [3.8, 4) is 22.7 Å². The number of ether oxygens (including phenoxy) is 1. The summed E-state index contributed by atoms with van der Waals surface area (Å²) in [6.07, 6.45) is 8.73. The lowest BCUT2D eigenvalue weighted by atomic mass is 10.1. The number of carbonyl (C=O) groups excluding carboxylic acids is 1. The highest BCUT2D eigenvalue weighted by atomic mass is 16.5. The Bertz CT molecular complexity index is 1150. The Balaban J connectivity index is 1.71. The molecule has 2 heterocycles. The Morgan fingerprint density at radius 2 is 1.79 bits per heavy atom. The third kappa shape index (κ3) is 4.14. The molecule has 2 aromatic carbocycles. The van der Waals surface area contributed by atoms with Gasteiger partial charge in [0, 0.05) is 35.3 Å². The van der Waals surface area contributed by atoms with Crippen molar-refractivity contribution in [1.29, 1.82) is 0 Å². The summed E-state index contributed by atoms with van der Waals surface area (Å²) in [6, 6.07) is 20.8. The SMILES string of the molecule is COc1cccc(C(=O)/C=C/c2cn(-c3ccccc3)nc2-c2ccncc2)c1. The normalized spacial score (nSPS) is 10.9. The van der Waals surface area contributed by atoms with Gasteiger partial charge in [0.1, 0.15) is 11.4 Å². The van der Waals surface area contributed by atoms with Crippen molar-refractivity contribution in [2.45, 2.75) is 0 Å². The molecule has 0 saturated carbocycles. The number of nitrogens with zero attached hydrogens (tertiary/aromatic N) is 3. The van der Waals surface area contributed by atoms with E-state index in [9.17, 15) is 4.79 Å². The molecule has 0 aliphatic carbocycles. The van der Waals surface area contributed by atoms with Crippen molar-refractivity contribution < 1.29 is 9.53 Å². The lowest BCUT2D eigenvalue weighted by Crippen LogP contribution is -1.95. The molecule has 0 aliphatic heterocycles. The Hall–Kier alpha value is -3.99. The fraction of sp³-hybridized carbons (Fsp3) is 0.0417. The first-order valence-corrected chi connectivity index (χ1v) is 9.16. The molecule has 2 aromatic heterocycles. The zero-order valence-electron chi connectivity index (χ0n) is 15.9. The Morgan fingerprint density at radius 1 is 1.00 bits per heavy atom. The molecule has 5 heteroatoms. The first-order valence-electron chi connectivity index (χ1n) is 9.16. The molecular formula is C24H19N3O2. The molecule has 4 aromatic rings. The van der Waals surface area contributed by atoms with Gasteiger partial charge in [0.2, 0.25) is 0 Å². The van der Waals surface area contributed by atoms with Crippen LogP contribution < -0.4 is 4.74 Å². The van der Waals surface area contributed by atoms with Crippen LogP contribution in [-0.2, 0) is 0 Å². The standard InChI is InChI=1S/C24H19N3O2/c1-29-22-9-5-6-19(16-22)23(28)11-10-20-17-27(21-7-3-2-4-8-21)26-24(20)18-12-14-25-15-13-18/h2-17H,1H3/b11-10+. The van der Waals surface area contributed by atoms with Crippen LogP contribution in [0.15, 0.2) is 91.4 Å². The molecule has 0 atom stereocenters. The fourth-order valence-electron chi connectivity index (χ4n) is 2.99. The highest BCUT2D eigenvalue weighted by Gasteiger charge is 2.11. The summed E-state index contributed by atoms with van der Waals surface area (Å²) in [5.41, 5.74) is 4.08. The molecule has 142 valence electrons. The molecule has 0 amide bonds. The van der Waals surface area contributed by atoms with Gasteiger partial charge in [-0.1, -0.05) is 30.3 Å². The number of ketones is 1. The molecule has 0 spiro atoms. The van der Waals surface area contributed by atoms with Crippen molar-refractivity contribution in [2.75, 3.05) is 7.11 Å². The molecule has 0 saturated heterocycles. The number of para-hydroxylation sites is 1. The van der Waals surface area contributed by atoms with Gasteiger partial charge < -0.3 is 4.74 Å². The van der Waals surface area contributed by atoms with Gasteiger partial charge in [0.15, 0.2) is 5.78 Å². The average molecular weight is 381 g/mol. The summed E-state index contributed by atoms with van der Waals surface area (Å²) in [7, 11) is 1.58. The summed E-state index contributed by atoms with van der Waals surface area (Å²) in [5, 5.41) is 4.74. The van der Waals surface area contributed by atoms with Crippen molar-refractivity contribution in [3.05, 3.63) is 103 Å². The van der Waals surface area contributed by atoms with Crippen molar-refractivity contribution in [2.24, 2.45) is 0 Å². The lowest BCUT2D eigenvalue weighted by Gasteiger charge is -2.01. The van der Waals surface area contributed by atoms with Gasteiger partial charge in [0.05, 0.1) is 12.8 Å². The molecule has 0 bridgehead atoms. The van der Waals surface area contributed by atoms with Gasteiger partial charge in [0.25, 0.3) is 0 Å². The van der Waals surface area contributed by atoms with Gasteiger partial charge in [-0.05, 0) is 48.6 Å². The minimum atomic E-state index is -0.1000. The zero-order chi connectivity index (χ0) is 20.1. The zero-order valence-corrected chi connectivity index (χ0v) is 15.9. The van der Waals surface area contributed by atoms with E-state index in [1.807, 2.05) is 59.4 Å². The summed E-state index contributed by atoms with van der Waals surface area (Å²) < 4.78 is 7.01. The number of pyridine rings is 1. The Morgan fingerprint density at radius 3 is 2.55 bits per heavy atom. The van der Waals surface area contributed by atoms with Crippen LogP contribution in [0.25, 0.3) is 23.0 Å². The molecule has 0 unspecified atom stereocenters. The number of aromatic nitrogens is 3. The first-order chi connectivity index (χ1) is 14.2. The number of benzene rings is 2. The number of carbonyl (C=O) groups is 1. The van der Waals surface area contributed by atoms with Crippen LogP contribution in [-0.4, -0.2) is 27.7 Å². The van der Waals surface area contributed by atoms with Crippen LogP contribution in [0.2, 0.25) is 0 Å². The quantitative estimate of drug-likeness (QED) is 0.354.